The first-order chi connectivity index (χ1) is 5.52. The van der Waals surface area contributed by atoms with E-state index in [1.165, 1.54) is 0 Å². The lowest BCUT2D eigenvalue weighted by molar-refractivity contribution is 0.579. The van der Waals surface area contributed by atoms with Gasteiger partial charge in [-0.25, -0.2) is 4.39 Å². The van der Waals surface area contributed by atoms with E-state index in [4.69, 9.17) is 0 Å². The Morgan fingerprint density at radius 3 is 2.42 bits per heavy atom. The van der Waals surface area contributed by atoms with Gasteiger partial charge in [-0.1, -0.05) is 13.8 Å². The van der Waals surface area contributed by atoms with E-state index in [1.54, 1.807) is 6.92 Å². The van der Waals surface area contributed by atoms with Gasteiger partial charge >= 0.3 is 0 Å². The molecule has 0 aliphatic rings. The number of hydrogen-bond acceptors (Lipinski definition) is 1. The summed E-state index contributed by atoms with van der Waals surface area (Å²) in [6, 6.07) is 1.81. The molecule has 0 radical (unpaired) electrons. The first-order valence-corrected chi connectivity index (χ1v) is 4.16. The van der Waals surface area contributed by atoms with E-state index >= 15 is 0 Å². The molecule has 0 spiro atoms. The fraction of sp³-hybridized carbons (Fsp3) is 0.500. The molecule has 0 saturated heterocycles. The van der Waals surface area contributed by atoms with Gasteiger partial charge in [0.25, 0.3) is 0 Å². The highest BCUT2D eigenvalue weighted by Gasteiger charge is 2.10. The second-order valence-corrected chi connectivity index (χ2v) is 3.41. The van der Waals surface area contributed by atoms with Crippen LogP contribution in [0, 0.1) is 19.7 Å². The minimum atomic E-state index is -0.157. The number of rotatable bonds is 1. The largest absolute Gasteiger partial charge is 0.255 e. The summed E-state index contributed by atoms with van der Waals surface area (Å²) in [5.74, 6) is 0.0704. The van der Waals surface area contributed by atoms with Gasteiger partial charge in [0.05, 0.1) is 5.69 Å². The standard InChI is InChI=1S/C10H14FN/c1-6(2)9-5-7(3)12-8(4)10(9)11/h5-6H,1-4H3. The van der Waals surface area contributed by atoms with Gasteiger partial charge in [0, 0.05) is 5.69 Å². The first-order valence-electron chi connectivity index (χ1n) is 4.16. The number of aryl methyl sites for hydroxylation is 2. The van der Waals surface area contributed by atoms with Crippen molar-refractivity contribution >= 4 is 0 Å². The molecule has 0 amide bonds. The van der Waals surface area contributed by atoms with Crippen molar-refractivity contribution in [3.05, 3.63) is 28.8 Å². The van der Waals surface area contributed by atoms with Crippen molar-refractivity contribution in [2.45, 2.75) is 33.6 Å². The minimum absolute atomic E-state index is 0.157. The third kappa shape index (κ3) is 1.63. The van der Waals surface area contributed by atoms with Crippen LogP contribution in [-0.2, 0) is 0 Å². The summed E-state index contributed by atoms with van der Waals surface area (Å²) in [5, 5.41) is 0. The van der Waals surface area contributed by atoms with Crippen molar-refractivity contribution in [3.63, 3.8) is 0 Å². The van der Waals surface area contributed by atoms with Crippen LogP contribution >= 0.6 is 0 Å². The van der Waals surface area contributed by atoms with Gasteiger partial charge in [-0.3, -0.25) is 4.98 Å². The lowest BCUT2D eigenvalue weighted by Crippen LogP contribution is -2.00. The monoisotopic (exact) mass is 167 g/mol. The summed E-state index contributed by atoms with van der Waals surface area (Å²) in [4.78, 5) is 4.04. The van der Waals surface area contributed by atoms with Crippen molar-refractivity contribution in [2.75, 3.05) is 0 Å². The van der Waals surface area contributed by atoms with E-state index in [0.29, 0.717) is 5.69 Å². The van der Waals surface area contributed by atoms with Gasteiger partial charge in [-0.05, 0) is 31.4 Å². The molecule has 1 nitrogen and oxygen atoms in total. The highest BCUT2D eigenvalue weighted by Crippen LogP contribution is 2.20. The third-order valence-electron chi connectivity index (χ3n) is 1.90. The quantitative estimate of drug-likeness (QED) is 0.626. The smallest absolute Gasteiger partial charge is 0.147 e. The van der Waals surface area contributed by atoms with Crippen LogP contribution in [0.25, 0.3) is 0 Å². The maximum absolute atomic E-state index is 13.4. The van der Waals surface area contributed by atoms with Gasteiger partial charge in [0.1, 0.15) is 5.82 Å². The number of aromatic nitrogens is 1. The summed E-state index contributed by atoms with van der Waals surface area (Å²) < 4.78 is 13.4. The van der Waals surface area contributed by atoms with E-state index in [2.05, 4.69) is 4.98 Å². The van der Waals surface area contributed by atoms with Crippen LogP contribution in [0.15, 0.2) is 6.07 Å². The Labute approximate surface area is 72.6 Å². The van der Waals surface area contributed by atoms with E-state index in [9.17, 15) is 4.39 Å². The molecule has 1 rings (SSSR count). The van der Waals surface area contributed by atoms with Gasteiger partial charge in [0.15, 0.2) is 0 Å². The summed E-state index contributed by atoms with van der Waals surface area (Å²) in [6.07, 6.45) is 0. The van der Waals surface area contributed by atoms with Crippen LogP contribution in [0.3, 0.4) is 0 Å². The summed E-state index contributed by atoms with van der Waals surface area (Å²) >= 11 is 0. The lowest BCUT2D eigenvalue weighted by Gasteiger charge is -2.09. The highest BCUT2D eigenvalue weighted by molar-refractivity contribution is 5.25. The second kappa shape index (κ2) is 3.21. The van der Waals surface area contributed by atoms with Crippen LogP contribution < -0.4 is 0 Å². The molecule has 0 atom stereocenters. The van der Waals surface area contributed by atoms with Crippen molar-refractivity contribution in [1.82, 2.24) is 4.98 Å². The zero-order valence-electron chi connectivity index (χ0n) is 7.98. The normalized spacial score (nSPS) is 10.8. The number of pyridine rings is 1. The fourth-order valence-corrected chi connectivity index (χ4v) is 1.26. The Kier molecular flexibility index (Phi) is 2.46. The van der Waals surface area contributed by atoms with Crippen molar-refractivity contribution in [3.8, 4) is 0 Å². The van der Waals surface area contributed by atoms with Gasteiger partial charge in [0.2, 0.25) is 0 Å². The SMILES string of the molecule is Cc1cc(C(C)C)c(F)c(C)n1. The molecule has 0 unspecified atom stereocenters. The van der Waals surface area contributed by atoms with Crippen molar-refractivity contribution < 1.29 is 4.39 Å². The maximum atomic E-state index is 13.4. The van der Waals surface area contributed by atoms with E-state index in [-0.39, 0.29) is 11.7 Å². The van der Waals surface area contributed by atoms with E-state index in [1.807, 2.05) is 26.8 Å². The molecule has 0 aromatic carbocycles. The minimum Gasteiger partial charge on any atom is -0.255 e. The predicted molar refractivity (Wildman–Crippen MR) is 47.8 cm³/mol. The van der Waals surface area contributed by atoms with Crippen molar-refractivity contribution in [1.29, 1.82) is 0 Å². The summed E-state index contributed by atoms with van der Waals surface area (Å²) in [6.45, 7) is 7.56. The summed E-state index contributed by atoms with van der Waals surface area (Å²) in [7, 11) is 0. The molecule has 2 heteroatoms. The van der Waals surface area contributed by atoms with Crippen LogP contribution in [0.4, 0.5) is 4.39 Å². The molecule has 1 heterocycles. The molecule has 0 aliphatic carbocycles. The topological polar surface area (TPSA) is 12.9 Å². The Bertz CT molecular complexity index is 292. The number of halogens is 1. The van der Waals surface area contributed by atoms with Crippen LogP contribution in [-0.4, -0.2) is 4.98 Å². The van der Waals surface area contributed by atoms with Crippen molar-refractivity contribution in [2.24, 2.45) is 0 Å². The fourth-order valence-electron chi connectivity index (χ4n) is 1.26. The molecule has 0 fully saturated rings. The second-order valence-electron chi connectivity index (χ2n) is 3.41. The molecule has 66 valence electrons. The lowest BCUT2D eigenvalue weighted by atomic mass is 10.0. The number of hydrogen-bond donors (Lipinski definition) is 0. The highest BCUT2D eigenvalue weighted by atomic mass is 19.1. The Morgan fingerprint density at radius 2 is 1.92 bits per heavy atom. The van der Waals surface area contributed by atoms with Gasteiger partial charge < -0.3 is 0 Å². The molecule has 0 saturated carbocycles. The molecule has 1 aromatic heterocycles. The molecular formula is C10H14FN. The first kappa shape index (κ1) is 9.17. The Balaban J connectivity index is 3.28. The Morgan fingerprint density at radius 1 is 1.33 bits per heavy atom. The predicted octanol–water partition coefficient (Wildman–Crippen LogP) is 2.96. The molecule has 0 bridgehead atoms. The Hall–Kier alpha value is -0.920. The third-order valence-corrected chi connectivity index (χ3v) is 1.90. The van der Waals surface area contributed by atoms with E-state index in [0.717, 1.165) is 11.3 Å². The van der Waals surface area contributed by atoms with Gasteiger partial charge in [-0.15, -0.1) is 0 Å². The summed E-state index contributed by atoms with van der Waals surface area (Å²) in [5.41, 5.74) is 2.15. The zero-order valence-corrected chi connectivity index (χ0v) is 7.98. The molecule has 0 N–H and O–H groups in total. The maximum Gasteiger partial charge on any atom is 0.147 e. The van der Waals surface area contributed by atoms with E-state index < -0.39 is 0 Å². The zero-order chi connectivity index (χ0) is 9.30. The van der Waals surface area contributed by atoms with Gasteiger partial charge in [-0.2, -0.15) is 0 Å². The molecule has 12 heavy (non-hydrogen) atoms. The molecule has 1 aromatic rings. The van der Waals surface area contributed by atoms with Crippen LogP contribution in [0.5, 0.6) is 0 Å². The molecular weight excluding hydrogens is 153 g/mol. The van der Waals surface area contributed by atoms with Crippen LogP contribution in [0.1, 0.15) is 36.7 Å². The van der Waals surface area contributed by atoms with Crippen LogP contribution in [0.2, 0.25) is 0 Å². The number of nitrogens with zero attached hydrogens (tertiary/aromatic N) is 1. The molecule has 0 aliphatic heterocycles. The average molecular weight is 167 g/mol. The average Bonchev–Trinajstić information content (AvgIpc) is 1.96.